The number of benzene rings is 9. The van der Waals surface area contributed by atoms with Crippen LogP contribution >= 0.6 is 0 Å². The molecule has 0 bridgehead atoms. The number of fused-ring (bicyclic) bond motifs is 6. The standard InChI is InChI=1S/C60H40N2O/c1-60(46-21-9-4-10-22-46)52-28-13-11-24-51(52)57-47(25-16-29-53(57)60)40-31-33-41(34-32-40)54-38-55(62-59(61-54)42-19-7-3-8-20-42)45-36-43(39-17-5-2-6-18-39)35-44(37-45)48-26-15-27-50-49-23-12-14-30-56(49)63-58(48)50/h2-38H,1H3. The summed E-state index contributed by atoms with van der Waals surface area (Å²) in [4.78, 5) is 10.5. The van der Waals surface area contributed by atoms with Gasteiger partial charge in [-0.05, 0) is 92.9 Å². The van der Waals surface area contributed by atoms with Gasteiger partial charge in [0, 0.05) is 38.4 Å². The normalized spacial score (nSPS) is 14.2. The van der Waals surface area contributed by atoms with Crippen LogP contribution in [0, 0.1) is 0 Å². The van der Waals surface area contributed by atoms with Crippen molar-refractivity contribution >= 4 is 21.9 Å². The molecule has 2 aromatic heterocycles. The predicted molar refractivity (Wildman–Crippen MR) is 259 cm³/mol. The molecule has 1 unspecified atom stereocenters. The molecule has 0 N–H and O–H groups in total. The van der Waals surface area contributed by atoms with Gasteiger partial charge in [-0.3, -0.25) is 0 Å². The second kappa shape index (κ2) is 14.8. The zero-order chi connectivity index (χ0) is 41.9. The van der Waals surface area contributed by atoms with E-state index < -0.39 is 0 Å². The summed E-state index contributed by atoms with van der Waals surface area (Å²) in [7, 11) is 0. The molecule has 3 nitrogen and oxygen atoms in total. The first-order valence-electron chi connectivity index (χ1n) is 21.6. The van der Waals surface area contributed by atoms with Crippen molar-refractivity contribution in [2.24, 2.45) is 0 Å². The van der Waals surface area contributed by atoms with Gasteiger partial charge in [-0.1, -0.05) is 194 Å². The van der Waals surface area contributed by atoms with E-state index in [9.17, 15) is 0 Å². The Morgan fingerprint density at radius 2 is 0.921 bits per heavy atom. The van der Waals surface area contributed by atoms with Crippen LogP contribution in [0.15, 0.2) is 229 Å². The van der Waals surface area contributed by atoms with Crippen LogP contribution in [0.3, 0.4) is 0 Å². The Morgan fingerprint density at radius 3 is 1.71 bits per heavy atom. The van der Waals surface area contributed by atoms with Crippen molar-refractivity contribution in [1.29, 1.82) is 0 Å². The van der Waals surface area contributed by atoms with Crippen LogP contribution in [0.5, 0.6) is 0 Å². The molecule has 1 aliphatic carbocycles. The third-order valence-corrected chi connectivity index (χ3v) is 13.0. The molecule has 0 fully saturated rings. The van der Waals surface area contributed by atoms with Crippen LogP contribution < -0.4 is 0 Å². The summed E-state index contributed by atoms with van der Waals surface area (Å²) < 4.78 is 6.57. The van der Waals surface area contributed by atoms with Crippen LogP contribution in [-0.2, 0) is 5.41 Å². The molecule has 0 aliphatic heterocycles. The average molecular weight is 805 g/mol. The lowest BCUT2D eigenvalue weighted by atomic mass is 9.74. The Labute approximate surface area is 366 Å². The summed E-state index contributed by atoms with van der Waals surface area (Å²) in [5.74, 6) is 0.677. The van der Waals surface area contributed by atoms with E-state index >= 15 is 0 Å². The van der Waals surface area contributed by atoms with Gasteiger partial charge in [0.1, 0.15) is 11.2 Å². The van der Waals surface area contributed by atoms with Gasteiger partial charge < -0.3 is 4.42 Å². The summed E-state index contributed by atoms with van der Waals surface area (Å²) in [5, 5.41) is 2.21. The molecule has 0 amide bonds. The van der Waals surface area contributed by atoms with Gasteiger partial charge in [-0.25, -0.2) is 9.97 Å². The molecule has 1 atom stereocenters. The fraction of sp³-hybridized carbons (Fsp3) is 0.0333. The number of furan rings is 1. The Bertz CT molecular complexity index is 3500. The van der Waals surface area contributed by atoms with Crippen molar-refractivity contribution in [3.8, 4) is 78.4 Å². The second-order valence-electron chi connectivity index (χ2n) is 16.6. The first kappa shape index (κ1) is 36.7. The molecule has 0 saturated heterocycles. The highest BCUT2D eigenvalue weighted by molar-refractivity contribution is 6.10. The highest BCUT2D eigenvalue weighted by Gasteiger charge is 2.41. The summed E-state index contributed by atoms with van der Waals surface area (Å²) in [5.41, 5.74) is 19.5. The smallest absolute Gasteiger partial charge is 0.160 e. The van der Waals surface area contributed by atoms with Crippen molar-refractivity contribution in [2.45, 2.75) is 12.3 Å². The van der Waals surface area contributed by atoms with Gasteiger partial charge in [0.2, 0.25) is 0 Å². The van der Waals surface area contributed by atoms with Crippen molar-refractivity contribution in [1.82, 2.24) is 9.97 Å². The Balaban J connectivity index is 1.00. The van der Waals surface area contributed by atoms with E-state index in [-0.39, 0.29) is 5.41 Å². The zero-order valence-electron chi connectivity index (χ0n) is 34.7. The molecule has 1 aliphatic rings. The zero-order valence-corrected chi connectivity index (χ0v) is 34.7. The maximum atomic E-state index is 6.57. The number of hydrogen-bond donors (Lipinski definition) is 0. The first-order chi connectivity index (χ1) is 31.1. The summed E-state index contributed by atoms with van der Waals surface area (Å²) in [6.07, 6.45) is 0. The number of hydrogen-bond acceptors (Lipinski definition) is 3. The molecule has 2 heterocycles. The van der Waals surface area contributed by atoms with Gasteiger partial charge >= 0.3 is 0 Å². The SMILES string of the molecule is CC1(c2ccccc2)c2ccccc2-c2c(-c3ccc(-c4cc(-c5cc(-c6ccccc6)cc(-c6cccc7c6oc6ccccc67)c5)nc(-c5ccccc5)n4)cc3)cccc21. The van der Waals surface area contributed by atoms with Crippen LogP contribution in [-0.4, -0.2) is 9.97 Å². The van der Waals surface area contributed by atoms with E-state index in [1.807, 2.05) is 30.3 Å². The molecule has 63 heavy (non-hydrogen) atoms. The summed E-state index contributed by atoms with van der Waals surface area (Å²) in [6.45, 7) is 2.37. The highest BCUT2D eigenvalue weighted by Crippen LogP contribution is 2.55. The van der Waals surface area contributed by atoms with E-state index in [1.54, 1.807) is 0 Å². The van der Waals surface area contributed by atoms with Gasteiger partial charge in [-0.15, -0.1) is 0 Å². The second-order valence-corrected chi connectivity index (χ2v) is 16.6. The number of aromatic nitrogens is 2. The topological polar surface area (TPSA) is 38.9 Å². The molecule has 3 heteroatoms. The van der Waals surface area contributed by atoms with Crippen LogP contribution in [0.2, 0.25) is 0 Å². The molecule has 11 aromatic rings. The molecule has 0 saturated carbocycles. The van der Waals surface area contributed by atoms with E-state index in [1.165, 1.54) is 38.9 Å². The minimum absolute atomic E-state index is 0.259. The van der Waals surface area contributed by atoms with Crippen molar-refractivity contribution in [3.05, 3.63) is 241 Å². The summed E-state index contributed by atoms with van der Waals surface area (Å²) in [6, 6.07) is 79.9. The third-order valence-electron chi connectivity index (χ3n) is 13.0. The van der Waals surface area contributed by atoms with E-state index in [0.717, 1.165) is 72.3 Å². The molecule has 9 aromatic carbocycles. The monoisotopic (exact) mass is 804 g/mol. The Morgan fingerprint density at radius 1 is 0.365 bits per heavy atom. The van der Waals surface area contributed by atoms with Gasteiger partial charge in [0.25, 0.3) is 0 Å². The van der Waals surface area contributed by atoms with Crippen molar-refractivity contribution < 1.29 is 4.42 Å². The van der Waals surface area contributed by atoms with E-state index in [2.05, 4.69) is 201 Å². The van der Waals surface area contributed by atoms with Crippen molar-refractivity contribution in [2.75, 3.05) is 0 Å². The minimum Gasteiger partial charge on any atom is -0.455 e. The quantitative estimate of drug-likeness (QED) is 0.161. The maximum Gasteiger partial charge on any atom is 0.160 e. The molecule has 0 spiro atoms. The van der Waals surface area contributed by atoms with Gasteiger partial charge in [0.05, 0.1) is 11.4 Å². The fourth-order valence-corrected chi connectivity index (χ4v) is 9.85. The third kappa shape index (κ3) is 6.12. The van der Waals surface area contributed by atoms with Crippen LogP contribution in [0.1, 0.15) is 23.6 Å². The van der Waals surface area contributed by atoms with E-state index in [4.69, 9.17) is 14.4 Å². The molecular formula is C60H40N2O. The molecule has 296 valence electrons. The molecular weight excluding hydrogens is 765 g/mol. The number of rotatable bonds is 7. The van der Waals surface area contributed by atoms with Crippen molar-refractivity contribution in [3.63, 3.8) is 0 Å². The first-order valence-corrected chi connectivity index (χ1v) is 21.6. The van der Waals surface area contributed by atoms with E-state index in [0.29, 0.717) is 5.82 Å². The number of nitrogens with zero attached hydrogens (tertiary/aromatic N) is 2. The van der Waals surface area contributed by atoms with Gasteiger partial charge in [-0.2, -0.15) is 0 Å². The lowest BCUT2D eigenvalue weighted by molar-refractivity contribution is 0.670. The maximum absolute atomic E-state index is 6.57. The lowest BCUT2D eigenvalue weighted by Gasteiger charge is -2.28. The minimum atomic E-state index is -0.259. The van der Waals surface area contributed by atoms with Crippen LogP contribution in [0.4, 0.5) is 0 Å². The lowest BCUT2D eigenvalue weighted by Crippen LogP contribution is -2.22. The van der Waals surface area contributed by atoms with Gasteiger partial charge in [0.15, 0.2) is 5.82 Å². The molecule has 12 rings (SSSR count). The number of para-hydroxylation sites is 2. The largest absolute Gasteiger partial charge is 0.455 e. The molecule has 0 radical (unpaired) electrons. The Hall–Kier alpha value is -8.14. The highest BCUT2D eigenvalue weighted by atomic mass is 16.3. The Kier molecular flexibility index (Phi) is 8.62. The average Bonchev–Trinajstić information content (AvgIpc) is 3.88. The predicted octanol–water partition coefficient (Wildman–Crippen LogP) is 15.7. The fourth-order valence-electron chi connectivity index (χ4n) is 9.85. The van der Waals surface area contributed by atoms with Crippen LogP contribution in [0.25, 0.3) is 100 Å². The summed E-state index contributed by atoms with van der Waals surface area (Å²) >= 11 is 0.